The number of rotatable bonds is 3. The topological polar surface area (TPSA) is 29.3 Å². The highest BCUT2D eigenvalue weighted by atomic mass is 32.2. The Balaban J connectivity index is 2.04. The van der Waals surface area contributed by atoms with Crippen molar-refractivity contribution in [1.82, 2.24) is 4.90 Å². The largest absolute Gasteiger partial charge is 0.329 e. The minimum absolute atomic E-state index is 0.448. The summed E-state index contributed by atoms with van der Waals surface area (Å²) in [7, 11) is 0. The molecule has 2 rings (SSSR count). The predicted molar refractivity (Wildman–Crippen MR) is 69.6 cm³/mol. The van der Waals surface area contributed by atoms with Crippen LogP contribution in [0.1, 0.15) is 17.3 Å². The molecule has 1 aromatic rings. The van der Waals surface area contributed by atoms with Crippen LogP contribution in [-0.2, 0) is 0 Å². The van der Waals surface area contributed by atoms with Crippen molar-refractivity contribution in [3.63, 3.8) is 0 Å². The van der Waals surface area contributed by atoms with Crippen LogP contribution in [0.5, 0.6) is 0 Å². The molecule has 1 aromatic heterocycles. The monoisotopic (exact) mass is 242 g/mol. The van der Waals surface area contributed by atoms with Gasteiger partial charge in [-0.1, -0.05) is 6.07 Å². The first-order chi connectivity index (χ1) is 7.42. The second-order valence-electron chi connectivity index (χ2n) is 3.77. The number of hydrogen-bond donors (Lipinski definition) is 1. The average molecular weight is 242 g/mol. The van der Waals surface area contributed by atoms with Crippen molar-refractivity contribution in [2.75, 3.05) is 31.1 Å². The SMILES string of the molecule is NCC(c1cccs1)N1CCCSCC1. The molecule has 0 amide bonds. The van der Waals surface area contributed by atoms with Crippen molar-refractivity contribution in [2.24, 2.45) is 5.73 Å². The van der Waals surface area contributed by atoms with E-state index in [9.17, 15) is 0 Å². The lowest BCUT2D eigenvalue weighted by atomic mass is 10.2. The van der Waals surface area contributed by atoms with Crippen molar-refractivity contribution >= 4 is 23.1 Å². The van der Waals surface area contributed by atoms with Gasteiger partial charge in [0.2, 0.25) is 0 Å². The number of nitrogens with zero attached hydrogens (tertiary/aromatic N) is 1. The lowest BCUT2D eigenvalue weighted by Gasteiger charge is -2.28. The van der Waals surface area contributed by atoms with E-state index < -0.39 is 0 Å². The van der Waals surface area contributed by atoms with Gasteiger partial charge in [0.25, 0.3) is 0 Å². The Bertz CT molecular complexity index is 266. The molecule has 2 N–H and O–H groups in total. The zero-order chi connectivity index (χ0) is 10.5. The summed E-state index contributed by atoms with van der Waals surface area (Å²) in [5.74, 6) is 2.56. The van der Waals surface area contributed by atoms with Gasteiger partial charge in [0.15, 0.2) is 0 Å². The Labute approximate surface area is 99.8 Å². The molecule has 0 aliphatic carbocycles. The molecule has 0 saturated carbocycles. The minimum atomic E-state index is 0.448. The van der Waals surface area contributed by atoms with Crippen molar-refractivity contribution in [1.29, 1.82) is 0 Å². The van der Waals surface area contributed by atoms with E-state index >= 15 is 0 Å². The molecule has 0 spiro atoms. The Morgan fingerprint density at radius 3 is 3.07 bits per heavy atom. The third-order valence-electron chi connectivity index (χ3n) is 2.79. The molecule has 0 radical (unpaired) electrons. The van der Waals surface area contributed by atoms with Crippen molar-refractivity contribution in [3.05, 3.63) is 22.4 Å². The molecule has 1 aliphatic heterocycles. The van der Waals surface area contributed by atoms with E-state index in [0.717, 1.165) is 6.54 Å². The van der Waals surface area contributed by atoms with E-state index in [1.807, 2.05) is 11.3 Å². The summed E-state index contributed by atoms with van der Waals surface area (Å²) < 4.78 is 0. The number of thiophene rings is 1. The van der Waals surface area contributed by atoms with Gasteiger partial charge >= 0.3 is 0 Å². The number of thioether (sulfide) groups is 1. The van der Waals surface area contributed by atoms with Gasteiger partial charge in [-0.15, -0.1) is 11.3 Å². The van der Waals surface area contributed by atoms with E-state index in [-0.39, 0.29) is 0 Å². The molecule has 1 saturated heterocycles. The first-order valence-corrected chi connectivity index (χ1v) is 7.50. The van der Waals surface area contributed by atoms with Crippen LogP contribution in [0, 0.1) is 0 Å². The van der Waals surface area contributed by atoms with Crippen LogP contribution in [-0.4, -0.2) is 36.0 Å². The van der Waals surface area contributed by atoms with Gasteiger partial charge in [-0.25, -0.2) is 0 Å². The smallest absolute Gasteiger partial charge is 0.0564 e. The fraction of sp³-hybridized carbons (Fsp3) is 0.636. The molecular weight excluding hydrogens is 224 g/mol. The fourth-order valence-corrected chi connectivity index (χ4v) is 3.78. The molecule has 2 heterocycles. The Kier molecular flexibility index (Phi) is 4.50. The highest BCUT2D eigenvalue weighted by Crippen LogP contribution is 2.26. The summed E-state index contributed by atoms with van der Waals surface area (Å²) >= 11 is 3.89. The van der Waals surface area contributed by atoms with E-state index in [4.69, 9.17) is 5.73 Å². The Morgan fingerprint density at radius 1 is 1.40 bits per heavy atom. The van der Waals surface area contributed by atoms with Crippen LogP contribution in [0.3, 0.4) is 0 Å². The Hall–Kier alpha value is -0.0300. The molecular formula is C11H18N2S2. The van der Waals surface area contributed by atoms with Gasteiger partial charge in [0.05, 0.1) is 6.04 Å². The van der Waals surface area contributed by atoms with Gasteiger partial charge in [-0.2, -0.15) is 11.8 Å². The summed E-state index contributed by atoms with van der Waals surface area (Å²) in [4.78, 5) is 3.97. The quantitative estimate of drug-likeness (QED) is 0.881. The molecule has 1 aliphatic rings. The molecule has 84 valence electrons. The van der Waals surface area contributed by atoms with E-state index in [1.165, 1.54) is 35.9 Å². The summed E-state index contributed by atoms with van der Waals surface area (Å²) in [5.41, 5.74) is 5.90. The van der Waals surface area contributed by atoms with Gasteiger partial charge in [0.1, 0.15) is 0 Å². The van der Waals surface area contributed by atoms with E-state index in [2.05, 4.69) is 34.2 Å². The molecule has 4 heteroatoms. The average Bonchev–Trinajstić information content (AvgIpc) is 2.63. The fourth-order valence-electron chi connectivity index (χ4n) is 2.00. The zero-order valence-corrected chi connectivity index (χ0v) is 10.5. The zero-order valence-electron chi connectivity index (χ0n) is 8.89. The maximum absolute atomic E-state index is 5.90. The minimum Gasteiger partial charge on any atom is -0.329 e. The molecule has 1 atom stereocenters. The molecule has 2 nitrogen and oxygen atoms in total. The summed E-state index contributed by atoms with van der Waals surface area (Å²) in [6.07, 6.45) is 1.30. The maximum Gasteiger partial charge on any atom is 0.0564 e. The first-order valence-electron chi connectivity index (χ1n) is 5.47. The molecule has 1 unspecified atom stereocenters. The van der Waals surface area contributed by atoms with Gasteiger partial charge in [-0.3, -0.25) is 4.90 Å². The van der Waals surface area contributed by atoms with Crippen LogP contribution in [0.25, 0.3) is 0 Å². The number of nitrogens with two attached hydrogens (primary N) is 1. The highest BCUT2D eigenvalue weighted by Gasteiger charge is 2.20. The summed E-state index contributed by atoms with van der Waals surface area (Å²) in [6, 6.07) is 4.78. The van der Waals surface area contributed by atoms with E-state index in [0.29, 0.717) is 6.04 Å². The summed E-state index contributed by atoms with van der Waals surface area (Å²) in [5, 5.41) is 2.14. The maximum atomic E-state index is 5.90. The van der Waals surface area contributed by atoms with Crippen molar-refractivity contribution < 1.29 is 0 Å². The van der Waals surface area contributed by atoms with E-state index in [1.54, 1.807) is 0 Å². The van der Waals surface area contributed by atoms with Crippen molar-refractivity contribution in [2.45, 2.75) is 12.5 Å². The van der Waals surface area contributed by atoms with Crippen LogP contribution in [0.15, 0.2) is 17.5 Å². The van der Waals surface area contributed by atoms with Crippen LogP contribution in [0.2, 0.25) is 0 Å². The lowest BCUT2D eigenvalue weighted by molar-refractivity contribution is 0.221. The highest BCUT2D eigenvalue weighted by molar-refractivity contribution is 7.99. The molecule has 15 heavy (non-hydrogen) atoms. The van der Waals surface area contributed by atoms with Gasteiger partial charge in [0, 0.05) is 23.7 Å². The summed E-state index contributed by atoms with van der Waals surface area (Å²) in [6.45, 7) is 3.13. The standard InChI is InChI=1S/C11H18N2S2/c12-9-10(11-3-1-7-15-11)13-4-2-6-14-8-5-13/h1,3,7,10H,2,4-6,8-9,12H2. The molecule has 1 fully saturated rings. The third-order valence-corrected chi connectivity index (χ3v) is 4.81. The second kappa shape index (κ2) is 5.89. The lowest BCUT2D eigenvalue weighted by Crippen LogP contribution is -2.34. The van der Waals surface area contributed by atoms with Crippen LogP contribution < -0.4 is 5.73 Å². The predicted octanol–water partition coefficient (Wildman–Crippen LogP) is 2.19. The van der Waals surface area contributed by atoms with Gasteiger partial charge < -0.3 is 5.73 Å². The normalized spacial score (nSPS) is 21.1. The van der Waals surface area contributed by atoms with Crippen molar-refractivity contribution in [3.8, 4) is 0 Å². The third kappa shape index (κ3) is 2.97. The molecule has 0 bridgehead atoms. The molecule has 0 aromatic carbocycles. The second-order valence-corrected chi connectivity index (χ2v) is 5.97. The first kappa shape index (κ1) is 11.5. The van der Waals surface area contributed by atoms with Crippen LogP contribution >= 0.6 is 23.1 Å². The Morgan fingerprint density at radius 2 is 2.33 bits per heavy atom. The number of hydrogen-bond acceptors (Lipinski definition) is 4. The van der Waals surface area contributed by atoms with Gasteiger partial charge in [-0.05, 0) is 30.2 Å². The van der Waals surface area contributed by atoms with Crippen LogP contribution in [0.4, 0.5) is 0 Å².